The average molecular weight is 417 g/mol. The Labute approximate surface area is 176 Å². The molecule has 2 saturated heterocycles. The fraction of sp³-hybridized carbons (Fsp3) is 0.524. The number of aromatic nitrogens is 2. The first kappa shape index (κ1) is 20.4. The number of rotatable bonds is 6. The summed E-state index contributed by atoms with van der Waals surface area (Å²) in [6, 6.07) is 2.35. The lowest BCUT2D eigenvalue weighted by atomic mass is 10.1. The van der Waals surface area contributed by atoms with Gasteiger partial charge in [0.15, 0.2) is 6.30 Å². The SMILES string of the molecule is C=C(S/C=C\C)C1=NCC(c2ccn(C(C)F)n2)=C2CC(N3CCNCC3)CN12. The molecule has 0 bridgehead atoms. The van der Waals surface area contributed by atoms with Gasteiger partial charge in [0.25, 0.3) is 0 Å². The second-order valence-corrected chi connectivity index (χ2v) is 8.59. The minimum atomic E-state index is -1.14. The molecule has 1 N–H and O–H groups in total. The first-order chi connectivity index (χ1) is 14.1. The van der Waals surface area contributed by atoms with E-state index < -0.39 is 6.30 Å². The van der Waals surface area contributed by atoms with E-state index in [2.05, 4.69) is 26.8 Å². The molecule has 6 nitrogen and oxygen atoms in total. The minimum absolute atomic E-state index is 0.451. The first-order valence-corrected chi connectivity index (χ1v) is 11.1. The second kappa shape index (κ2) is 8.85. The second-order valence-electron chi connectivity index (χ2n) is 7.59. The third-order valence-corrected chi connectivity index (χ3v) is 6.56. The molecule has 2 atom stereocenters. The molecule has 3 aliphatic rings. The van der Waals surface area contributed by atoms with Crippen LogP contribution in [0.5, 0.6) is 0 Å². The molecule has 0 aliphatic carbocycles. The Morgan fingerprint density at radius 2 is 2.21 bits per heavy atom. The third kappa shape index (κ3) is 4.20. The standard InChI is InChI=1S/C21H29FN6S/c1-4-11-29-15(2)21-24-13-18(19-5-8-28(25-19)16(3)22)20-12-17(14-27(20)21)26-9-6-23-7-10-26/h4-5,8,11,16-17,23H,2,6-7,9-10,12-14H2,1,3H3/b11-4-. The zero-order valence-corrected chi connectivity index (χ0v) is 18.0. The summed E-state index contributed by atoms with van der Waals surface area (Å²) >= 11 is 1.61. The molecule has 4 heterocycles. The molecule has 8 heteroatoms. The van der Waals surface area contributed by atoms with Crippen LogP contribution in [0.25, 0.3) is 5.57 Å². The van der Waals surface area contributed by atoms with E-state index in [1.54, 1.807) is 18.0 Å². The highest BCUT2D eigenvalue weighted by atomic mass is 32.2. The Hall–Kier alpha value is -1.90. The summed E-state index contributed by atoms with van der Waals surface area (Å²) in [5.41, 5.74) is 3.19. The molecule has 1 aromatic rings. The lowest BCUT2D eigenvalue weighted by molar-refractivity contribution is 0.179. The fourth-order valence-electron chi connectivity index (χ4n) is 4.21. The number of nitrogens with zero attached hydrogens (tertiary/aromatic N) is 5. The van der Waals surface area contributed by atoms with Gasteiger partial charge in [-0.25, -0.2) is 9.07 Å². The lowest BCUT2D eigenvalue weighted by Crippen LogP contribution is -2.49. The van der Waals surface area contributed by atoms with Gasteiger partial charge in [0.1, 0.15) is 5.84 Å². The molecular weight excluding hydrogens is 387 g/mol. The van der Waals surface area contributed by atoms with Crippen LogP contribution in [0.3, 0.4) is 0 Å². The average Bonchev–Trinajstić information content (AvgIpc) is 3.39. The summed E-state index contributed by atoms with van der Waals surface area (Å²) in [5, 5.41) is 9.95. The van der Waals surface area contributed by atoms with Gasteiger partial charge < -0.3 is 10.2 Å². The van der Waals surface area contributed by atoms with E-state index in [4.69, 9.17) is 4.99 Å². The van der Waals surface area contributed by atoms with Crippen LogP contribution in [0, 0.1) is 0 Å². The van der Waals surface area contributed by atoms with Gasteiger partial charge in [-0.15, -0.1) is 0 Å². The number of halogens is 1. The van der Waals surface area contributed by atoms with E-state index in [9.17, 15) is 4.39 Å². The van der Waals surface area contributed by atoms with Crippen LogP contribution in [0.1, 0.15) is 32.3 Å². The fourth-order valence-corrected chi connectivity index (χ4v) is 4.79. The van der Waals surface area contributed by atoms with Crippen molar-refractivity contribution in [3.05, 3.63) is 46.6 Å². The summed E-state index contributed by atoms with van der Waals surface area (Å²) in [6.07, 6.45) is 3.55. The number of piperazine rings is 1. The molecule has 29 heavy (non-hydrogen) atoms. The van der Waals surface area contributed by atoms with Gasteiger partial charge in [-0.2, -0.15) is 5.10 Å². The monoisotopic (exact) mass is 416 g/mol. The molecule has 2 unspecified atom stereocenters. The number of thioether (sulfide) groups is 1. The number of alkyl halides is 1. The summed E-state index contributed by atoms with van der Waals surface area (Å²) in [7, 11) is 0. The van der Waals surface area contributed by atoms with E-state index in [0.717, 1.165) is 61.2 Å². The Bertz CT molecular complexity index is 849. The van der Waals surface area contributed by atoms with E-state index in [-0.39, 0.29) is 0 Å². The lowest BCUT2D eigenvalue weighted by Gasteiger charge is -2.32. The Morgan fingerprint density at radius 1 is 1.41 bits per heavy atom. The molecule has 4 rings (SSSR count). The van der Waals surface area contributed by atoms with Gasteiger partial charge in [0, 0.05) is 67.6 Å². The molecule has 1 aromatic heterocycles. The molecule has 0 spiro atoms. The maximum absolute atomic E-state index is 13.7. The molecule has 0 aromatic carbocycles. The van der Waals surface area contributed by atoms with Crippen molar-refractivity contribution in [2.75, 3.05) is 39.3 Å². The van der Waals surface area contributed by atoms with Crippen molar-refractivity contribution in [1.29, 1.82) is 0 Å². The number of amidine groups is 1. The van der Waals surface area contributed by atoms with Crippen molar-refractivity contribution in [2.24, 2.45) is 4.99 Å². The van der Waals surface area contributed by atoms with Crippen molar-refractivity contribution < 1.29 is 4.39 Å². The van der Waals surface area contributed by atoms with E-state index >= 15 is 0 Å². The highest BCUT2D eigenvalue weighted by molar-refractivity contribution is 8.06. The topological polar surface area (TPSA) is 48.7 Å². The van der Waals surface area contributed by atoms with E-state index in [0.29, 0.717) is 12.6 Å². The van der Waals surface area contributed by atoms with Crippen LogP contribution in [-0.4, -0.2) is 70.7 Å². The zero-order valence-electron chi connectivity index (χ0n) is 17.1. The van der Waals surface area contributed by atoms with Crippen molar-refractivity contribution in [1.82, 2.24) is 24.9 Å². The molecule has 2 fully saturated rings. The molecule has 0 saturated carbocycles. The molecule has 156 valence electrons. The number of hydrogen-bond donors (Lipinski definition) is 1. The maximum Gasteiger partial charge on any atom is 0.188 e. The number of allylic oxidation sites excluding steroid dienone is 1. The van der Waals surface area contributed by atoms with Gasteiger partial charge in [0.2, 0.25) is 0 Å². The summed E-state index contributed by atoms with van der Waals surface area (Å²) < 4.78 is 15.1. The van der Waals surface area contributed by atoms with Crippen molar-refractivity contribution in [3.8, 4) is 0 Å². The van der Waals surface area contributed by atoms with Crippen LogP contribution in [0.2, 0.25) is 0 Å². The predicted molar refractivity (Wildman–Crippen MR) is 118 cm³/mol. The zero-order chi connectivity index (χ0) is 20.4. The Morgan fingerprint density at radius 3 is 2.90 bits per heavy atom. The summed E-state index contributed by atoms with van der Waals surface area (Å²) in [6.45, 7) is 13.4. The Kier molecular flexibility index (Phi) is 6.22. The van der Waals surface area contributed by atoms with Gasteiger partial charge in [0.05, 0.1) is 12.2 Å². The van der Waals surface area contributed by atoms with E-state index in [1.807, 2.05) is 24.5 Å². The van der Waals surface area contributed by atoms with Crippen LogP contribution in [-0.2, 0) is 0 Å². The van der Waals surface area contributed by atoms with Gasteiger partial charge >= 0.3 is 0 Å². The van der Waals surface area contributed by atoms with Crippen molar-refractivity contribution in [2.45, 2.75) is 32.6 Å². The van der Waals surface area contributed by atoms with Crippen molar-refractivity contribution >= 4 is 23.2 Å². The third-order valence-electron chi connectivity index (χ3n) is 5.68. The van der Waals surface area contributed by atoms with Crippen LogP contribution in [0.15, 0.2) is 45.9 Å². The highest BCUT2D eigenvalue weighted by Gasteiger charge is 2.38. The Balaban J connectivity index is 1.64. The summed E-state index contributed by atoms with van der Waals surface area (Å²) in [5.74, 6) is 0.961. The number of aliphatic imine (C=N–C) groups is 1. The van der Waals surface area contributed by atoms with Crippen LogP contribution in [0.4, 0.5) is 4.39 Å². The minimum Gasteiger partial charge on any atom is -0.327 e. The van der Waals surface area contributed by atoms with Gasteiger partial charge in [-0.1, -0.05) is 24.4 Å². The highest BCUT2D eigenvalue weighted by Crippen LogP contribution is 2.37. The number of nitrogens with one attached hydrogen (secondary N) is 1. The smallest absolute Gasteiger partial charge is 0.188 e. The largest absolute Gasteiger partial charge is 0.327 e. The van der Waals surface area contributed by atoms with Gasteiger partial charge in [-0.3, -0.25) is 9.89 Å². The van der Waals surface area contributed by atoms with Crippen LogP contribution >= 0.6 is 11.8 Å². The van der Waals surface area contributed by atoms with Gasteiger partial charge in [-0.05, 0) is 25.3 Å². The number of hydrogen-bond acceptors (Lipinski definition) is 6. The quantitative estimate of drug-likeness (QED) is 0.771. The first-order valence-electron chi connectivity index (χ1n) is 10.2. The number of fused-ring (bicyclic) bond motifs is 1. The molecule has 0 amide bonds. The summed E-state index contributed by atoms with van der Waals surface area (Å²) in [4.78, 5) is 10.7. The van der Waals surface area contributed by atoms with Crippen LogP contribution < -0.4 is 5.32 Å². The van der Waals surface area contributed by atoms with Crippen molar-refractivity contribution in [3.63, 3.8) is 0 Å². The predicted octanol–water partition coefficient (Wildman–Crippen LogP) is 3.25. The molecule has 3 aliphatic heterocycles. The normalized spacial score (nSPS) is 24.2. The maximum atomic E-state index is 13.7. The molecular formula is C21H29FN6S. The van der Waals surface area contributed by atoms with E-state index in [1.165, 1.54) is 17.3 Å². The molecule has 0 radical (unpaired) electrons.